The normalized spacial score (nSPS) is 22.8. The van der Waals surface area contributed by atoms with Gasteiger partial charge in [0.25, 0.3) is 5.69 Å². The second kappa shape index (κ2) is 4.15. The van der Waals surface area contributed by atoms with E-state index < -0.39 is 0 Å². The predicted molar refractivity (Wildman–Crippen MR) is 75.5 cm³/mol. The summed E-state index contributed by atoms with van der Waals surface area (Å²) in [7, 11) is 0. The van der Waals surface area contributed by atoms with Crippen LogP contribution in [0.3, 0.4) is 0 Å². The number of hydrogen-bond acceptors (Lipinski definition) is 3. The van der Waals surface area contributed by atoms with E-state index in [2.05, 4.69) is 29.2 Å². The summed E-state index contributed by atoms with van der Waals surface area (Å²) in [4.78, 5) is 13.1. The highest BCUT2D eigenvalue weighted by molar-refractivity contribution is 5.50. The molecule has 20 heavy (non-hydrogen) atoms. The third-order valence-corrected chi connectivity index (χ3v) is 4.37. The smallest absolute Gasteiger partial charge is 0.269 e. The van der Waals surface area contributed by atoms with Crippen LogP contribution in [-0.2, 0) is 13.1 Å². The van der Waals surface area contributed by atoms with Crippen LogP contribution < -0.4 is 0 Å². The molecular formula is C16H14N2O2. The zero-order chi connectivity index (χ0) is 13.7. The van der Waals surface area contributed by atoms with Crippen LogP contribution in [0.4, 0.5) is 5.69 Å². The van der Waals surface area contributed by atoms with Gasteiger partial charge in [-0.1, -0.05) is 30.3 Å². The maximum atomic E-state index is 11.0. The van der Waals surface area contributed by atoms with E-state index in [1.807, 2.05) is 6.07 Å². The van der Waals surface area contributed by atoms with Crippen molar-refractivity contribution >= 4 is 5.69 Å². The van der Waals surface area contributed by atoms with E-state index in [9.17, 15) is 10.1 Å². The molecule has 0 aromatic heterocycles. The molecule has 2 aliphatic rings. The van der Waals surface area contributed by atoms with E-state index in [1.54, 1.807) is 12.1 Å². The van der Waals surface area contributed by atoms with Crippen LogP contribution in [0.1, 0.15) is 28.2 Å². The van der Waals surface area contributed by atoms with Crippen LogP contribution in [-0.4, -0.2) is 16.4 Å². The number of fused-ring (bicyclic) bond motifs is 6. The topological polar surface area (TPSA) is 46.4 Å². The molecule has 0 saturated carbocycles. The van der Waals surface area contributed by atoms with Gasteiger partial charge in [0.15, 0.2) is 0 Å². The minimum atomic E-state index is -0.304. The van der Waals surface area contributed by atoms with E-state index in [0.29, 0.717) is 0 Å². The van der Waals surface area contributed by atoms with Crippen LogP contribution in [0.2, 0.25) is 0 Å². The molecular weight excluding hydrogens is 252 g/mol. The van der Waals surface area contributed by atoms with Gasteiger partial charge in [-0.2, -0.15) is 0 Å². The summed E-state index contributed by atoms with van der Waals surface area (Å²) >= 11 is 0. The number of rotatable bonds is 1. The fourth-order valence-corrected chi connectivity index (χ4v) is 3.47. The molecule has 0 spiro atoms. The molecule has 2 atom stereocenters. The molecule has 2 heterocycles. The number of benzene rings is 2. The summed E-state index contributed by atoms with van der Waals surface area (Å²) in [6, 6.07) is 13.7. The highest BCUT2D eigenvalue weighted by Crippen LogP contribution is 2.40. The van der Waals surface area contributed by atoms with Crippen molar-refractivity contribution in [2.75, 3.05) is 6.54 Å². The zero-order valence-corrected chi connectivity index (χ0v) is 11.0. The number of nitro groups is 1. The van der Waals surface area contributed by atoms with Crippen LogP contribution in [0, 0.1) is 10.1 Å². The number of nitro benzene ring substituents is 1. The first-order valence-electron chi connectivity index (χ1n) is 6.80. The van der Waals surface area contributed by atoms with Gasteiger partial charge in [0.1, 0.15) is 0 Å². The average Bonchev–Trinajstić information content (AvgIpc) is 2.46. The van der Waals surface area contributed by atoms with Gasteiger partial charge >= 0.3 is 0 Å². The first-order chi connectivity index (χ1) is 9.72. The van der Waals surface area contributed by atoms with Crippen LogP contribution >= 0.6 is 0 Å². The van der Waals surface area contributed by atoms with Crippen molar-refractivity contribution < 1.29 is 4.92 Å². The molecule has 4 nitrogen and oxygen atoms in total. The zero-order valence-electron chi connectivity index (χ0n) is 11.0. The molecule has 2 aliphatic heterocycles. The number of non-ortho nitro benzene ring substituents is 1. The Labute approximate surface area is 116 Å². The van der Waals surface area contributed by atoms with Crippen molar-refractivity contribution in [1.29, 1.82) is 0 Å². The Morgan fingerprint density at radius 2 is 1.80 bits per heavy atom. The minimum Gasteiger partial charge on any atom is -0.294 e. The molecule has 0 radical (unpaired) electrons. The molecule has 100 valence electrons. The summed E-state index contributed by atoms with van der Waals surface area (Å²) in [6.07, 6.45) is 0. The average molecular weight is 266 g/mol. The summed E-state index contributed by atoms with van der Waals surface area (Å²) in [5.74, 6) is 0.267. The monoisotopic (exact) mass is 266 g/mol. The van der Waals surface area contributed by atoms with Crippen molar-refractivity contribution in [2.24, 2.45) is 0 Å². The molecule has 0 fully saturated rings. The SMILES string of the molecule is O=[N+]([O-])c1ccc2c(c1)C1CN(Cc3ccccc31)C2. The summed E-state index contributed by atoms with van der Waals surface area (Å²) in [6.45, 7) is 2.83. The van der Waals surface area contributed by atoms with Crippen molar-refractivity contribution in [1.82, 2.24) is 4.90 Å². The molecule has 0 amide bonds. The fraction of sp³-hybridized carbons (Fsp3) is 0.250. The Bertz CT molecular complexity index is 711. The third-order valence-electron chi connectivity index (χ3n) is 4.37. The lowest BCUT2D eigenvalue weighted by atomic mass is 9.79. The van der Waals surface area contributed by atoms with Crippen molar-refractivity contribution in [3.63, 3.8) is 0 Å². The second-order valence-electron chi connectivity index (χ2n) is 5.56. The molecule has 0 N–H and O–H groups in total. The lowest BCUT2D eigenvalue weighted by molar-refractivity contribution is -0.385. The van der Waals surface area contributed by atoms with Gasteiger partial charge < -0.3 is 0 Å². The standard InChI is InChI=1S/C16H14N2O2/c19-18(20)13-6-5-12-9-17-8-11-3-1-2-4-14(11)16(10-17)15(12)7-13/h1-7,16H,8-10H2. The third kappa shape index (κ3) is 1.65. The molecule has 2 unspecified atom stereocenters. The molecule has 4 heteroatoms. The molecule has 2 aromatic rings. The summed E-state index contributed by atoms with van der Waals surface area (Å²) < 4.78 is 0. The molecule has 0 aliphatic carbocycles. The Kier molecular flexibility index (Phi) is 2.41. The highest BCUT2D eigenvalue weighted by atomic mass is 16.6. The lowest BCUT2D eigenvalue weighted by Crippen LogP contribution is -2.38. The van der Waals surface area contributed by atoms with Gasteiger partial charge in [-0.3, -0.25) is 15.0 Å². The quantitative estimate of drug-likeness (QED) is 0.588. The largest absolute Gasteiger partial charge is 0.294 e. The van der Waals surface area contributed by atoms with Gasteiger partial charge in [0.2, 0.25) is 0 Å². The minimum absolute atomic E-state index is 0.195. The molecule has 0 saturated heterocycles. The first kappa shape index (κ1) is 11.6. The maximum absolute atomic E-state index is 11.0. The Hall–Kier alpha value is -2.20. The molecule has 4 rings (SSSR count). The van der Waals surface area contributed by atoms with E-state index in [0.717, 1.165) is 25.2 Å². The Morgan fingerprint density at radius 1 is 1.05 bits per heavy atom. The summed E-state index contributed by atoms with van der Waals surface area (Å²) in [5, 5.41) is 11.0. The van der Waals surface area contributed by atoms with Gasteiger partial charge in [0, 0.05) is 37.7 Å². The van der Waals surface area contributed by atoms with Gasteiger partial charge in [-0.05, 0) is 22.3 Å². The van der Waals surface area contributed by atoms with Crippen LogP contribution in [0.25, 0.3) is 0 Å². The van der Waals surface area contributed by atoms with Crippen LogP contribution in [0.5, 0.6) is 0 Å². The number of hydrogen-bond donors (Lipinski definition) is 0. The Morgan fingerprint density at radius 3 is 2.60 bits per heavy atom. The number of nitrogens with zero attached hydrogens (tertiary/aromatic N) is 2. The van der Waals surface area contributed by atoms with Crippen molar-refractivity contribution in [3.05, 3.63) is 74.8 Å². The van der Waals surface area contributed by atoms with E-state index in [1.165, 1.54) is 16.7 Å². The Balaban J connectivity index is 1.89. The maximum Gasteiger partial charge on any atom is 0.269 e. The van der Waals surface area contributed by atoms with Gasteiger partial charge in [0.05, 0.1) is 4.92 Å². The van der Waals surface area contributed by atoms with Gasteiger partial charge in [-0.15, -0.1) is 0 Å². The molecule has 2 aromatic carbocycles. The lowest BCUT2D eigenvalue weighted by Gasteiger charge is -2.40. The van der Waals surface area contributed by atoms with E-state index in [-0.39, 0.29) is 16.5 Å². The van der Waals surface area contributed by atoms with E-state index >= 15 is 0 Å². The van der Waals surface area contributed by atoms with Crippen LogP contribution in [0.15, 0.2) is 42.5 Å². The van der Waals surface area contributed by atoms with Gasteiger partial charge in [-0.25, -0.2) is 0 Å². The van der Waals surface area contributed by atoms with E-state index in [4.69, 9.17) is 0 Å². The molecule has 2 bridgehead atoms. The fourth-order valence-electron chi connectivity index (χ4n) is 3.47. The predicted octanol–water partition coefficient (Wildman–Crippen LogP) is 3.06. The summed E-state index contributed by atoms with van der Waals surface area (Å²) in [5.41, 5.74) is 5.22. The second-order valence-corrected chi connectivity index (χ2v) is 5.56. The van der Waals surface area contributed by atoms with Crippen molar-refractivity contribution in [3.8, 4) is 0 Å². The van der Waals surface area contributed by atoms with Crippen molar-refractivity contribution in [2.45, 2.75) is 19.0 Å². The first-order valence-corrected chi connectivity index (χ1v) is 6.80. The highest BCUT2D eigenvalue weighted by Gasteiger charge is 2.33.